The second kappa shape index (κ2) is 6.84. The van der Waals surface area contributed by atoms with Gasteiger partial charge in [-0.1, -0.05) is 18.2 Å². The van der Waals surface area contributed by atoms with E-state index in [4.69, 9.17) is 14.2 Å². The van der Waals surface area contributed by atoms with Crippen molar-refractivity contribution in [2.75, 3.05) is 4.90 Å². The molecule has 1 aromatic rings. The molecule has 2 fully saturated rings. The summed E-state index contributed by atoms with van der Waals surface area (Å²) in [6, 6.07) is 6.21. The molecule has 0 radical (unpaired) electrons. The number of rotatable bonds is 5. The number of ether oxygens (including phenoxy) is 3. The summed E-state index contributed by atoms with van der Waals surface area (Å²) in [5, 5.41) is 0. The van der Waals surface area contributed by atoms with Gasteiger partial charge in [0.25, 0.3) is 6.29 Å². The van der Waals surface area contributed by atoms with Gasteiger partial charge in [0, 0.05) is 19.4 Å². The summed E-state index contributed by atoms with van der Waals surface area (Å²) in [6.07, 6.45) is 1.59. The number of amides is 2. The van der Waals surface area contributed by atoms with Gasteiger partial charge >= 0.3 is 11.9 Å². The minimum atomic E-state index is -1.64. The molecule has 31 heavy (non-hydrogen) atoms. The topological polar surface area (TPSA) is 116 Å². The smallest absolute Gasteiger partial charge is 0.305 e. The molecule has 3 heterocycles. The number of anilines is 1. The highest BCUT2D eigenvalue weighted by Crippen LogP contribution is 2.59. The van der Waals surface area contributed by atoms with Crippen LogP contribution in [0.2, 0.25) is 0 Å². The number of esters is 2. The van der Waals surface area contributed by atoms with Crippen LogP contribution in [0.4, 0.5) is 5.69 Å². The number of fused-ring (bicyclic) bond motifs is 5. The van der Waals surface area contributed by atoms with Gasteiger partial charge in [-0.25, -0.2) is 4.90 Å². The molecule has 4 atom stereocenters. The Bertz CT molecular complexity index is 1050. The van der Waals surface area contributed by atoms with E-state index in [1.54, 1.807) is 31.2 Å². The van der Waals surface area contributed by atoms with Crippen LogP contribution in [0.1, 0.15) is 38.1 Å². The lowest BCUT2D eigenvalue weighted by molar-refractivity contribution is -0.231. The number of benzene rings is 1. The Balaban J connectivity index is 1.79. The van der Waals surface area contributed by atoms with Crippen LogP contribution < -0.4 is 4.90 Å². The van der Waals surface area contributed by atoms with Crippen LogP contribution in [-0.4, -0.2) is 47.0 Å². The zero-order chi connectivity index (χ0) is 22.7. The van der Waals surface area contributed by atoms with Crippen LogP contribution in [0.3, 0.4) is 0 Å². The molecule has 0 aliphatic carbocycles. The summed E-state index contributed by atoms with van der Waals surface area (Å²) < 4.78 is 16.5. The number of carbonyl (C=O) groups is 5. The largest absolute Gasteiger partial charge is 0.422 e. The van der Waals surface area contributed by atoms with Crippen molar-refractivity contribution >= 4 is 35.2 Å². The number of nitrogens with zero attached hydrogens (tertiary/aromatic N) is 1. The van der Waals surface area contributed by atoms with Crippen molar-refractivity contribution < 1.29 is 38.2 Å². The molecule has 0 unspecified atom stereocenters. The normalized spacial score (nSPS) is 30.7. The Morgan fingerprint density at radius 2 is 1.61 bits per heavy atom. The number of Topliss-reactive ketones (excluding diaryl/α,β-unsaturated/α-hetero) is 1. The van der Waals surface area contributed by atoms with Gasteiger partial charge in [-0.15, -0.1) is 0 Å². The van der Waals surface area contributed by atoms with Crippen molar-refractivity contribution in [2.24, 2.45) is 11.8 Å². The fraction of sp³-hybridized carbons (Fsp3) is 0.409. The molecule has 2 saturated heterocycles. The van der Waals surface area contributed by atoms with Gasteiger partial charge in [0.2, 0.25) is 11.8 Å². The molecule has 3 aliphatic heterocycles. The highest BCUT2D eigenvalue weighted by molar-refractivity contribution is 6.23. The van der Waals surface area contributed by atoms with Crippen molar-refractivity contribution in [3.63, 3.8) is 0 Å². The number of imide groups is 1. The SMILES string of the molecule is CC(=O)OC(OC(C)=O)[C@@]12C=C[C@](C)(O1)[C@@H]1C(=O)N(c3cccc(C(C)=O)c3)C(=O)[C@@H]12. The lowest BCUT2D eigenvalue weighted by Gasteiger charge is -2.34. The van der Waals surface area contributed by atoms with E-state index >= 15 is 0 Å². The molecular formula is C22H21NO8. The summed E-state index contributed by atoms with van der Waals surface area (Å²) in [6.45, 7) is 5.31. The first-order chi connectivity index (χ1) is 14.5. The fourth-order valence-corrected chi connectivity index (χ4v) is 4.68. The van der Waals surface area contributed by atoms with Crippen molar-refractivity contribution in [2.45, 2.75) is 45.2 Å². The van der Waals surface area contributed by atoms with Crippen molar-refractivity contribution in [3.05, 3.63) is 42.0 Å². The molecule has 0 N–H and O–H groups in total. The third-order valence-electron chi connectivity index (χ3n) is 5.91. The third-order valence-corrected chi connectivity index (χ3v) is 5.91. The average Bonchev–Trinajstić information content (AvgIpc) is 3.26. The number of ketones is 1. The van der Waals surface area contributed by atoms with Gasteiger partial charge in [-0.2, -0.15) is 0 Å². The Morgan fingerprint density at radius 1 is 1.00 bits per heavy atom. The van der Waals surface area contributed by atoms with E-state index in [0.29, 0.717) is 5.56 Å². The molecule has 9 nitrogen and oxygen atoms in total. The standard InChI is InChI=1S/C22H21NO8/c1-11(24)14-6-5-7-15(10-14)23-18(27)16-17(19(23)28)22(9-8-21(16,4)31-22)20(29-12(2)25)30-13(3)26/h5-10,16-17,20H,1-4H3/t16-,17+,21-,22-/m0/s1. The van der Waals surface area contributed by atoms with E-state index in [-0.39, 0.29) is 11.5 Å². The monoisotopic (exact) mass is 427 g/mol. The number of carbonyl (C=O) groups excluding carboxylic acids is 5. The Kier molecular flexibility index (Phi) is 4.62. The van der Waals surface area contributed by atoms with Crippen molar-refractivity contribution in [1.82, 2.24) is 0 Å². The molecule has 2 bridgehead atoms. The Hall–Kier alpha value is -3.33. The predicted molar refractivity (Wildman–Crippen MR) is 105 cm³/mol. The zero-order valence-corrected chi connectivity index (χ0v) is 17.4. The Labute approximate surface area is 177 Å². The van der Waals surface area contributed by atoms with E-state index < -0.39 is 53.1 Å². The summed E-state index contributed by atoms with van der Waals surface area (Å²) in [4.78, 5) is 63.0. The van der Waals surface area contributed by atoms with Crippen LogP contribution in [-0.2, 0) is 33.4 Å². The lowest BCUT2D eigenvalue weighted by atomic mass is 9.72. The molecule has 0 spiro atoms. The number of hydrogen-bond acceptors (Lipinski definition) is 8. The maximum Gasteiger partial charge on any atom is 0.305 e. The van der Waals surface area contributed by atoms with Gasteiger partial charge in [0.05, 0.1) is 23.1 Å². The average molecular weight is 427 g/mol. The molecule has 1 aromatic carbocycles. The van der Waals surface area contributed by atoms with Gasteiger partial charge in [-0.05, 0) is 32.1 Å². The van der Waals surface area contributed by atoms with E-state index in [9.17, 15) is 24.0 Å². The van der Waals surface area contributed by atoms with Crippen LogP contribution >= 0.6 is 0 Å². The zero-order valence-electron chi connectivity index (χ0n) is 17.4. The van der Waals surface area contributed by atoms with E-state index in [2.05, 4.69) is 0 Å². The number of hydrogen-bond donors (Lipinski definition) is 0. The molecule has 2 amide bonds. The van der Waals surface area contributed by atoms with E-state index in [1.165, 1.54) is 19.1 Å². The van der Waals surface area contributed by atoms with E-state index in [0.717, 1.165) is 18.7 Å². The highest BCUT2D eigenvalue weighted by Gasteiger charge is 2.75. The quantitative estimate of drug-likeness (QED) is 0.228. The molecule has 0 aromatic heterocycles. The van der Waals surface area contributed by atoms with Crippen molar-refractivity contribution in [3.8, 4) is 0 Å². The van der Waals surface area contributed by atoms with Crippen LogP contribution in [0.25, 0.3) is 0 Å². The summed E-state index contributed by atoms with van der Waals surface area (Å²) in [7, 11) is 0. The van der Waals surface area contributed by atoms with Crippen molar-refractivity contribution in [1.29, 1.82) is 0 Å². The van der Waals surface area contributed by atoms with Gasteiger partial charge in [-0.3, -0.25) is 24.0 Å². The highest BCUT2D eigenvalue weighted by atomic mass is 16.7. The summed E-state index contributed by atoms with van der Waals surface area (Å²) >= 11 is 0. The first kappa shape index (κ1) is 20.9. The van der Waals surface area contributed by atoms with E-state index in [1.807, 2.05) is 0 Å². The maximum absolute atomic E-state index is 13.5. The molecule has 3 aliphatic rings. The maximum atomic E-state index is 13.5. The second-order valence-electron chi connectivity index (χ2n) is 8.10. The van der Waals surface area contributed by atoms with Gasteiger partial charge in [0.15, 0.2) is 11.4 Å². The summed E-state index contributed by atoms with van der Waals surface area (Å²) in [5.74, 6) is -4.78. The van der Waals surface area contributed by atoms with Crippen LogP contribution in [0, 0.1) is 11.8 Å². The summed E-state index contributed by atoms with van der Waals surface area (Å²) in [5.41, 5.74) is -2.20. The molecule has 9 heteroatoms. The van der Waals surface area contributed by atoms with Crippen LogP contribution in [0.15, 0.2) is 36.4 Å². The first-order valence-electron chi connectivity index (χ1n) is 9.74. The molecule has 4 rings (SSSR count). The van der Waals surface area contributed by atoms with Crippen LogP contribution in [0.5, 0.6) is 0 Å². The lowest BCUT2D eigenvalue weighted by Crippen LogP contribution is -2.52. The minimum Gasteiger partial charge on any atom is -0.422 e. The fourth-order valence-electron chi connectivity index (χ4n) is 4.68. The second-order valence-corrected chi connectivity index (χ2v) is 8.10. The Morgan fingerprint density at radius 3 is 2.19 bits per heavy atom. The minimum absolute atomic E-state index is 0.209. The first-order valence-corrected chi connectivity index (χ1v) is 9.74. The van der Waals surface area contributed by atoms with Gasteiger partial charge < -0.3 is 14.2 Å². The third kappa shape index (κ3) is 2.99. The molecule has 162 valence electrons. The molecule has 0 saturated carbocycles. The predicted octanol–water partition coefficient (Wildman–Crippen LogP) is 1.54. The van der Waals surface area contributed by atoms with Gasteiger partial charge in [0.1, 0.15) is 0 Å². The molecular weight excluding hydrogens is 406 g/mol.